The second-order valence-corrected chi connectivity index (χ2v) is 8.68. The first-order valence-electron chi connectivity index (χ1n) is 10.0. The van der Waals surface area contributed by atoms with Crippen LogP contribution in [0.4, 0.5) is 0 Å². The molecule has 4 heterocycles. The molecule has 30 heavy (non-hydrogen) atoms. The fraction of sp³-hybridized carbons (Fsp3) is 0.160. The molecule has 2 aromatic carbocycles. The van der Waals surface area contributed by atoms with Crippen molar-refractivity contribution < 1.29 is 4.42 Å². The summed E-state index contributed by atoms with van der Waals surface area (Å²) in [5.74, 6) is 0.636. The monoisotopic (exact) mass is 392 g/mol. The van der Waals surface area contributed by atoms with Crippen molar-refractivity contribution in [2.45, 2.75) is 26.2 Å². The molecule has 0 fully saturated rings. The summed E-state index contributed by atoms with van der Waals surface area (Å²) in [6.07, 6.45) is 3.81. The summed E-state index contributed by atoms with van der Waals surface area (Å²) in [5, 5.41) is 1.99. The highest BCUT2D eigenvalue weighted by atomic mass is 16.3. The van der Waals surface area contributed by atoms with Gasteiger partial charge in [0.15, 0.2) is 0 Å². The Balaban J connectivity index is 1.65. The van der Waals surface area contributed by atoms with E-state index in [-0.39, 0.29) is 5.41 Å². The SMILES string of the molecule is CC(C)(C)c1ccc(-c2cccc3c2oc2c3cnc3nc4ccccc4n32)nc1. The van der Waals surface area contributed by atoms with Gasteiger partial charge in [-0.05, 0) is 35.2 Å². The minimum absolute atomic E-state index is 0.0661. The average molecular weight is 392 g/mol. The van der Waals surface area contributed by atoms with Crippen molar-refractivity contribution in [3.05, 3.63) is 72.6 Å². The fourth-order valence-corrected chi connectivity index (χ4v) is 4.04. The number of rotatable bonds is 1. The first kappa shape index (κ1) is 17.2. The van der Waals surface area contributed by atoms with Crippen molar-refractivity contribution in [3.63, 3.8) is 0 Å². The van der Waals surface area contributed by atoms with Crippen LogP contribution in [0.15, 0.2) is 71.4 Å². The molecule has 0 saturated carbocycles. The molecule has 0 unspecified atom stereocenters. The number of aromatic nitrogens is 4. The summed E-state index contributed by atoms with van der Waals surface area (Å²) >= 11 is 0. The van der Waals surface area contributed by atoms with Gasteiger partial charge in [-0.25, -0.2) is 14.4 Å². The number of imidazole rings is 1. The van der Waals surface area contributed by atoms with Crippen LogP contribution in [0.25, 0.3) is 50.1 Å². The van der Waals surface area contributed by atoms with Crippen LogP contribution < -0.4 is 0 Å². The second kappa shape index (κ2) is 5.89. The molecule has 0 atom stereocenters. The van der Waals surface area contributed by atoms with Crippen molar-refractivity contribution >= 4 is 38.9 Å². The Morgan fingerprint density at radius 2 is 1.70 bits per heavy atom. The maximum Gasteiger partial charge on any atom is 0.237 e. The van der Waals surface area contributed by atoms with Crippen LogP contribution in [0.3, 0.4) is 0 Å². The molecule has 6 rings (SSSR count). The molecule has 0 amide bonds. The van der Waals surface area contributed by atoms with Gasteiger partial charge < -0.3 is 4.42 Å². The lowest BCUT2D eigenvalue weighted by atomic mass is 9.88. The number of para-hydroxylation sites is 3. The van der Waals surface area contributed by atoms with E-state index in [0.29, 0.717) is 5.78 Å². The van der Waals surface area contributed by atoms with Crippen LogP contribution in [-0.4, -0.2) is 19.4 Å². The third-order valence-electron chi connectivity index (χ3n) is 5.70. The first-order chi connectivity index (χ1) is 14.5. The molecule has 6 aromatic rings. The van der Waals surface area contributed by atoms with Gasteiger partial charge in [0.25, 0.3) is 0 Å². The van der Waals surface area contributed by atoms with Crippen LogP contribution in [0, 0.1) is 0 Å². The molecule has 0 bridgehead atoms. The van der Waals surface area contributed by atoms with E-state index in [4.69, 9.17) is 9.40 Å². The zero-order valence-electron chi connectivity index (χ0n) is 17.0. The second-order valence-electron chi connectivity index (χ2n) is 8.68. The molecule has 0 N–H and O–H groups in total. The number of pyridine rings is 1. The lowest BCUT2D eigenvalue weighted by molar-refractivity contribution is 0.587. The number of furan rings is 1. The number of nitrogens with zero attached hydrogens (tertiary/aromatic N) is 4. The van der Waals surface area contributed by atoms with Crippen LogP contribution >= 0.6 is 0 Å². The van der Waals surface area contributed by atoms with E-state index in [1.807, 2.05) is 47.1 Å². The Kier molecular flexibility index (Phi) is 3.37. The maximum atomic E-state index is 6.46. The van der Waals surface area contributed by atoms with E-state index in [9.17, 15) is 0 Å². The lowest BCUT2D eigenvalue weighted by Gasteiger charge is -2.18. The van der Waals surface area contributed by atoms with Gasteiger partial charge in [0.05, 0.1) is 22.1 Å². The number of hydrogen-bond donors (Lipinski definition) is 0. The van der Waals surface area contributed by atoms with Crippen LogP contribution in [-0.2, 0) is 5.41 Å². The molecule has 0 aliphatic carbocycles. The zero-order chi connectivity index (χ0) is 20.5. The van der Waals surface area contributed by atoms with Gasteiger partial charge in [0, 0.05) is 23.3 Å². The summed E-state index contributed by atoms with van der Waals surface area (Å²) in [7, 11) is 0. The summed E-state index contributed by atoms with van der Waals surface area (Å²) in [6.45, 7) is 6.58. The molecule has 0 aliphatic heterocycles. The predicted molar refractivity (Wildman–Crippen MR) is 120 cm³/mol. The Bertz CT molecular complexity index is 1570. The van der Waals surface area contributed by atoms with Crippen LogP contribution in [0.5, 0.6) is 0 Å². The third kappa shape index (κ3) is 2.38. The third-order valence-corrected chi connectivity index (χ3v) is 5.70. The first-order valence-corrected chi connectivity index (χ1v) is 10.0. The number of benzene rings is 2. The fourth-order valence-electron chi connectivity index (χ4n) is 4.04. The van der Waals surface area contributed by atoms with E-state index in [1.165, 1.54) is 5.56 Å². The van der Waals surface area contributed by atoms with Crippen molar-refractivity contribution in [1.29, 1.82) is 0 Å². The predicted octanol–water partition coefficient (Wildman–Crippen LogP) is 6.14. The Hall–Kier alpha value is -3.73. The minimum Gasteiger partial charge on any atom is -0.438 e. The topological polar surface area (TPSA) is 56.2 Å². The Morgan fingerprint density at radius 1 is 0.833 bits per heavy atom. The molecule has 0 spiro atoms. The van der Waals surface area contributed by atoms with E-state index in [0.717, 1.165) is 44.4 Å². The standard InChI is InChI=1S/C25H20N4O/c1-25(2,3)15-11-12-19(26-13-15)17-8-6-7-16-18-14-27-24-28-20-9-4-5-10-21(20)29(24)23(18)30-22(16)17/h4-14H,1-3H3. The van der Waals surface area contributed by atoms with Crippen LogP contribution in [0.1, 0.15) is 26.3 Å². The molecular weight excluding hydrogens is 372 g/mol. The minimum atomic E-state index is 0.0661. The molecule has 4 aromatic heterocycles. The highest BCUT2D eigenvalue weighted by Crippen LogP contribution is 2.36. The molecule has 146 valence electrons. The summed E-state index contributed by atoms with van der Waals surface area (Å²) in [5.41, 5.74) is 6.60. The number of hydrogen-bond acceptors (Lipinski definition) is 4. The van der Waals surface area contributed by atoms with Gasteiger partial charge in [0.2, 0.25) is 11.5 Å². The number of fused-ring (bicyclic) bond motifs is 7. The summed E-state index contributed by atoms with van der Waals surface area (Å²) in [6, 6.07) is 18.4. The highest BCUT2D eigenvalue weighted by molar-refractivity contribution is 6.09. The Labute approximate surface area is 173 Å². The van der Waals surface area contributed by atoms with Gasteiger partial charge in [0.1, 0.15) is 5.58 Å². The zero-order valence-corrected chi connectivity index (χ0v) is 17.0. The van der Waals surface area contributed by atoms with E-state index in [2.05, 4.69) is 55.0 Å². The summed E-state index contributed by atoms with van der Waals surface area (Å²) < 4.78 is 8.45. The van der Waals surface area contributed by atoms with E-state index in [1.54, 1.807) is 0 Å². The van der Waals surface area contributed by atoms with Crippen LogP contribution in [0.2, 0.25) is 0 Å². The van der Waals surface area contributed by atoms with Crippen molar-refractivity contribution in [2.75, 3.05) is 0 Å². The van der Waals surface area contributed by atoms with Crippen molar-refractivity contribution in [1.82, 2.24) is 19.4 Å². The molecular formula is C25H20N4O. The average Bonchev–Trinajstić information content (AvgIpc) is 3.31. The summed E-state index contributed by atoms with van der Waals surface area (Å²) in [4.78, 5) is 14.0. The Morgan fingerprint density at radius 3 is 2.50 bits per heavy atom. The van der Waals surface area contributed by atoms with Gasteiger partial charge in [-0.1, -0.05) is 51.1 Å². The largest absolute Gasteiger partial charge is 0.438 e. The lowest BCUT2D eigenvalue weighted by Crippen LogP contribution is -2.11. The van der Waals surface area contributed by atoms with Crippen molar-refractivity contribution in [3.8, 4) is 11.3 Å². The van der Waals surface area contributed by atoms with Gasteiger partial charge >= 0.3 is 0 Å². The normalized spacial score (nSPS) is 12.5. The molecule has 5 heteroatoms. The van der Waals surface area contributed by atoms with E-state index >= 15 is 0 Å². The molecule has 0 saturated heterocycles. The smallest absolute Gasteiger partial charge is 0.237 e. The van der Waals surface area contributed by atoms with E-state index < -0.39 is 0 Å². The molecule has 5 nitrogen and oxygen atoms in total. The van der Waals surface area contributed by atoms with Gasteiger partial charge in [-0.2, -0.15) is 0 Å². The van der Waals surface area contributed by atoms with Gasteiger partial charge in [-0.15, -0.1) is 0 Å². The quantitative estimate of drug-likeness (QED) is 0.337. The van der Waals surface area contributed by atoms with Crippen molar-refractivity contribution in [2.24, 2.45) is 0 Å². The highest BCUT2D eigenvalue weighted by Gasteiger charge is 2.19. The van der Waals surface area contributed by atoms with Gasteiger partial charge in [-0.3, -0.25) is 4.98 Å². The molecule has 0 aliphatic rings. The molecule has 0 radical (unpaired) electrons. The maximum absolute atomic E-state index is 6.46.